The fourth-order valence-corrected chi connectivity index (χ4v) is 2.72. The number of hydrogen-bond donors (Lipinski definition) is 2. The lowest BCUT2D eigenvalue weighted by Gasteiger charge is -2.28. The molecule has 0 atom stereocenters. The monoisotopic (exact) mass is 322 g/mol. The summed E-state index contributed by atoms with van der Waals surface area (Å²) >= 11 is 0. The summed E-state index contributed by atoms with van der Waals surface area (Å²) in [7, 11) is 1.66. The summed E-state index contributed by atoms with van der Waals surface area (Å²) in [5.74, 6) is 0.133. The number of hydrogen-bond acceptors (Lipinski definition) is 4. The van der Waals surface area contributed by atoms with Gasteiger partial charge < -0.3 is 19.9 Å². The third-order valence-corrected chi connectivity index (χ3v) is 3.99. The van der Waals surface area contributed by atoms with Crippen molar-refractivity contribution < 1.29 is 14.3 Å². The smallest absolute Gasteiger partial charge is 0.264 e. The number of H-pyrrole nitrogens is 1. The molecule has 0 unspecified atom stereocenters. The summed E-state index contributed by atoms with van der Waals surface area (Å²) < 4.78 is 5.43. The van der Waals surface area contributed by atoms with E-state index in [9.17, 15) is 9.59 Å². The highest BCUT2D eigenvalue weighted by Crippen LogP contribution is 2.38. The van der Waals surface area contributed by atoms with Gasteiger partial charge in [-0.25, -0.2) is 4.98 Å². The Kier molecular flexibility index (Phi) is 3.19. The number of rotatable bonds is 2. The number of carbonyl (C=O) groups excluding carboxylic acids is 2. The number of benzene rings is 2. The molecule has 0 saturated carbocycles. The number of para-hydroxylation sites is 1. The van der Waals surface area contributed by atoms with Crippen LogP contribution in [0.2, 0.25) is 0 Å². The van der Waals surface area contributed by atoms with Gasteiger partial charge in [-0.2, -0.15) is 0 Å². The molecule has 0 spiro atoms. The first-order valence-corrected chi connectivity index (χ1v) is 7.40. The first kappa shape index (κ1) is 14.3. The minimum absolute atomic E-state index is 0.00259. The number of nitrogens with zero attached hydrogens (tertiary/aromatic N) is 2. The summed E-state index contributed by atoms with van der Waals surface area (Å²) in [6.07, 6.45) is 1.58. The van der Waals surface area contributed by atoms with E-state index in [1.54, 1.807) is 49.8 Å². The number of nitrogens with one attached hydrogen (secondary N) is 2. The second-order valence-electron chi connectivity index (χ2n) is 5.48. The largest absolute Gasteiger partial charge is 0.481 e. The van der Waals surface area contributed by atoms with Crippen molar-refractivity contribution in [1.29, 1.82) is 0 Å². The summed E-state index contributed by atoms with van der Waals surface area (Å²) in [5, 5.41) is 2.85. The molecule has 3 aromatic rings. The minimum Gasteiger partial charge on any atom is -0.481 e. The van der Waals surface area contributed by atoms with Crippen LogP contribution >= 0.6 is 0 Å². The van der Waals surface area contributed by atoms with Gasteiger partial charge in [0.1, 0.15) is 11.4 Å². The van der Waals surface area contributed by atoms with Crippen LogP contribution in [0.4, 0.5) is 11.4 Å². The van der Waals surface area contributed by atoms with Crippen LogP contribution in [0.3, 0.4) is 0 Å². The maximum Gasteiger partial charge on any atom is 0.264 e. The molecule has 0 fully saturated rings. The van der Waals surface area contributed by atoms with Crippen molar-refractivity contribution in [3.05, 3.63) is 48.3 Å². The van der Waals surface area contributed by atoms with E-state index in [0.717, 1.165) is 11.0 Å². The van der Waals surface area contributed by atoms with E-state index in [-0.39, 0.29) is 18.4 Å². The van der Waals surface area contributed by atoms with Crippen LogP contribution in [-0.2, 0) is 4.79 Å². The van der Waals surface area contributed by atoms with Crippen LogP contribution in [0.5, 0.6) is 5.75 Å². The third-order valence-electron chi connectivity index (χ3n) is 3.99. The Labute approximate surface area is 137 Å². The Hall–Kier alpha value is -3.35. The van der Waals surface area contributed by atoms with Crippen LogP contribution < -0.4 is 15.0 Å². The minimum atomic E-state index is -0.272. The van der Waals surface area contributed by atoms with Crippen molar-refractivity contribution in [2.75, 3.05) is 23.9 Å². The van der Waals surface area contributed by atoms with Crippen molar-refractivity contribution >= 4 is 34.2 Å². The second-order valence-corrected chi connectivity index (χ2v) is 5.48. The summed E-state index contributed by atoms with van der Waals surface area (Å²) in [4.78, 5) is 33.0. The van der Waals surface area contributed by atoms with Crippen molar-refractivity contribution in [3.8, 4) is 5.75 Å². The van der Waals surface area contributed by atoms with Crippen molar-refractivity contribution in [1.82, 2.24) is 9.97 Å². The molecule has 0 bridgehead atoms. The molecule has 0 radical (unpaired) electrons. The fraction of sp³-hybridized carbons (Fsp3) is 0.118. The van der Waals surface area contributed by atoms with E-state index in [1.807, 2.05) is 0 Å². The second kappa shape index (κ2) is 5.38. The first-order chi connectivity index (χ1) is 11.6. The Balaban J connectivity index is 1.68. The molecule has 7 nitrogen and oxygen atoms in total. The van der Waals surface area contributed by atoms with Crippen molar-refractivity contribution in [2.24, 2.45) is 0 Å². The van der Waals surface area contributed by atoms with Gasteiger partial charge in [0.25, 0.3) is 11.8 Å². The van der Waals surface area contributed by atoms with E-state index in [1.165, 1.54) is 4.90 Å². The number of aromatic nitrogens is 2. The molecule has 2 amide bonds. The maximum absolute atomic E-state index is 12.6. The molecule has 1 aromatic heterocycles. The van der Waals surface area contributed by atoms with Crippen LogP contribution in [0.1, 0.15) is 10.4 Å². The molecule has 7 heteroatoms. The lowest BCUT2D eigenvalue weighted by atomic mass is 10.1. The molecule has 2 N–H and O–H groups in total. The number of ether oxygens (including phenoxy) is 1. The van der Waals surface area contributed by atoms with Crippen LogP contribution in [0.15, 0.2) is 42.7 Å². The van der Waals surface area contributed by atoms with E-state index < -0.39 is 0 Å². The number of carbonyl (C=O) groups is 2. The fourth-order valence-electron chi connectivity index (χ4n) is 2.72. The van der Waals surface area contributed by atoms with E-state index in [0.29, 0.717) is 22.7 Å². The van der Waals surface area contributed by atoms with E-state index in [2.05, 4.69) is 15.3 Å². The molecule has 1 aliphatic rings. The molecule has 0 aliphatic carbocycles. The van der Waals surface area contributed by atoms with Gasteiger partial charge >= 0.3 is 0 Å². The molecule has 2 aromatic carbocycles. The van der Waals surface area contributed by atoms with Crippen LogP contribution in [0, 0.1) is 0 Å². The van der Waals surface area contributed by atoms with Gasteiger partial charge in [-0.15, -0.1) is 0 Å². The van der Waals surface area contributed by atoms with Gasteiger partial charge in [0, 0.05) is 12.6 Å². The maximum atomic E-state index is 12.6. The highest BCUT2D eigenvalue weighted by atomic mass is 16.5. The molecular formula is C17H14N4O3. The molecule has 24 heavy (non-hydrogen) atoms. The zero-order valence-corrected chi connectivity index (χ0v) is 12.9. The quantitative estimate of drug-likeness (QED) is 0.757. The molecular weight excluding hydrogens is 308 g/mol. The average Bonchev–Trinajstić information content (AvgIpc) is 3.06. The SMILES string of the molecule is CN1C(=O)COc2cccc(NC(=O)c3ccc4nc[nH]c4c3)c21. The highest BCUT2D eigenvalue weighted by Gasteiger charge is 2.25. The Morgan fingerprint density at radius 3 is 3.08 bits per heavy atom. The van der Waals surface area contributed by atoms with Gasteiger partial charge in [-0.1, -0.05) is 6.07 Å². The topological polar surface area (TPSA) is 87.3 Å². The Bertz CT molecular complexity index is 963. The summed E-state index contributed by atoms with van der Waals surface area (Å²) in [6.45, 7) is -0.00259. The van der Waals surface area contributed by atoms with Crippen molar-refractivity contribution in [2.45, 2.75) is 0 Å². The van der Waals surface area contributed by atoms with Gasteiger partial charge in [0.15, 0.2) is 6.61 Å². The number of aromatic amines is 1. The lowest BCUT2D eigenvalue weighted by Crippen LogP contribution is -2.36. The van der Waals surface area contributed by atoms with Gasteiger partial charge in [0.05, 0.1) is 23.0 Å². The predicted molar refractivity (Wildman–Crippen MR) is 89.4 cm³/mol. The van der Waals surface area contributed by atoms with Crippen LogP contribution in [0.25, 0.3) is 11.0 Å². The summed E-state index contributed by atoms with van der Waals surface area (Å²) in [6, 6.07) is 10.5. The van der Waals surface area contributed by atoms with Gasteiger partial charge in [-0.3, -0.25) is 9.59 Å². The van der Waals surface area contributed by atoms with Gasteiger partial charge in [-0.05, 0) is 30.3 Å². The number of anilines is 2. The Morgan fingerprint density at radius 1 is 1.33 bits per heavy atom. The van der Waals surface area contributed by atoms with E-state index in [4.69, 9.17) is 4.74 Å². The van der Waals surface area contributed by atoms with Crippen molar-refractivity contribution in [3.63, 3.8) is 0 Å². The number of amides is 2. The predicted octanol–water partition coefficient (Wildman–Crippen LogP) is 2.17. The number of imidazole rings is 1. The average molecular weight is 322 g/mol. The van der Waals surface area contributed by atoms with Crippen LogP contribution in [-0.4, -0.2) is 35.4 Å². The zero-order valence-electron chi connectivity index (χ0n) is 12.9. The Morgan fingerprint density at radius 2 is 2.21 bits per heavy atom. The molecule has 0 saturated heterocycles. The van der Waals surface area contributed by atoms with Gasteiger partial charge in [0.2, 0.25) is 0 Å². The number of fused-ring (bicyclic) bond motifs is 2. The summed E-state index contributed by atoms with van der Waals surface area (Å²) in [5.41, 5.74) is 3.16. The first-order valence-electron chi connectivity index (χ1n) is 7.40. The molecule has 120 valence electrons. The normalized spacial score (nSPS) is 13.5. The lowest BCUT2D eigenvalue weighted by molar-refractivity contribution is -0.120. The molecule has 4 rings (SSSR count). The standard InChI is InChI=1S/C17H14N4O3/c1-21-15(22)8-24-14-4-2-3-12(16(14)21)20-17(23)10-5-6-11-13(7-10)19-9-18-11/h2-7,9H,8H2,1H3,(H,18,19)(H,20,23). The van der Waals surface area contributed by atoms with E-state index >= 15 is 0 Å². The third kappa shape index (κ3) is 2.26. The number of likely N-dealkylation sites (N-methyl/N-ethyl adjacent to an activating group) is 1. The zero-order chi connectivity index (χ0) is 16.7. The molecule has 1 aliphatic heterocycles. The highest BCUT2D eigenvalue weighted by molar-refractivity contribution is 6.10. The molecule has 2 heterocycles.